The van der Waals surface area contributed by atoms with Crippen molar-refractivity contribution in [1.29, 1.82) is 0 Å². The Morgan fingerprint density at radius 2 is 2.14 bits per heavy atom. The van der Waals surface area contributed by atoms with Crippen LogP contribution in [0.4, 0.5) is 0 Å². The first-order chi connectivity index (χ1) is 6.74. The molecule has 0 aliphatic heterocycles. The molecule has 2 nitrogen and oxygen atoms in total. The summed E-state index contributed by atoms with van der Waals surface area (Å²) in [5.74, 6) is 0. The van der Waals surface area contributed by atoms with Crippen LogP contribution in [0.15, 0.2) is 18.2 Å². The van der Waals surface area contributed by atoms with Gasteiger partial charge in [0.05, 0.1) is 10.5 Å². The van der Waals surface area contributed by atoms with Crippen LogP contribution < -0.4 is 5.32 Å². The maximum Gasteiger partial charge on any atom is 0.111 e. The number of hydrogen-bond acceptors (Lipinski definition) is 1. The van der Waals surface area contributed by atoms with Crippen LogP contribution in [0.1, 0.15) is 5.56 Å². The molecule has 74 valence electrons. The molecule has 2 rings (SSSR count). The molecule has 1 heterocycles. The normalized spacial score (nSPS) is 11.1. The minimum Gasteiger partial charge on any atom is -0.344 e. The molecule has 0 bridgehead atoms. The number of hydrogen-bond donors (Lipinski definition) is 2. The zero-order valence-corrected chi connectivity index (χ0v) is 9.21. The van der Waals surface area contributed by atoms with Crippen molar-refractivity contribution in [3.05, 3.63) is 33.9 Å². The van der Waals surface area contributed by atoms with Crippen LogP contribution in [0, 0.1) is 0 Å². The highest BCUT2D eigenvalue weighted by molar-refractivity contribution is 6.37. The van der Waals surface area contributed by atoms with Crippen LogP contribution in [0.25, 0.3) is 10.9 Å². The number of halogens is 2. The van der Waals surface area contributed by atoms with Crippen LogP contribution in [-0.4, -0.2) is 12.0 Å². The molecule has 0 aliphatic carbocycles. The SMILES string of the molecule is CNCc1c(Cl)[nH]c2c(Cl)cccc12. The summed E-state index contributed by atoms with van der Waals surface area (Å²) in [5.41, 5.74) is 1.97. The van der Waals surface area contributed by atoms with Gasteiger partial charge in [-0.2, -0.15) is 0 Å². The fourth-order valence-corrected chi connectivity index (χ4v) is 2.04. The quantitative estimate of drug-likeness (QED) is 0.813. The predicted octanol–water partition coefficient (Wildman–Crippen LogP) is 3.19. The van der Waals surface area contributed by atoms with E-state index < -0.39 is 0 Å². The molecule has 0 spiro atoms. The minimum atomic E-state index is 0.655. The van der Waals surface area contributed by atoms with Gasteiger partial charge < -0.3 is 10.3 Å². The van der Waals surface area contributed by atoms with E-state index in [-0.39, 0.29) is 0 Å². The third-order valence-electron chi connectivity index (χ3n) is 2.19. The minimum absolute atomic E-state index is 0.655. The van der Waals surface area contributed by atoms with Gasteiger partial charge in [-0.15, -0.1) is 0 Å². The molecular formula is C10H10Cl2N2. The largest absolute Gasteiger partial charge is 0.344 e. The fourth-order valence-electron chi connectivity index (χ4n) is 1.56. The number of benzene rings is 1. The van der Waals surface area contributed by atoms with Gasteiger partial charge in [0.1, 0.15) is 5.15 Å². The molecule has 0 aliphatic rings. The summed E-state index contributed by atoms with van der Waals surface area (Å²) in [4.78, 5) is 3.07. The summed E-state index contributed by atoms with van der Waals surface area (Å²) in [6.07, 6.45) is 0. The molecule has 4 heteroatoms. The first-order valence-corrected chi connectivity index (χ1v) is 5.09. The van der Waals surface area contributed by atoms with E-state index in [2.05, 4.69) is 10.3 Å². The van der Waals surface area contributed by atoms with Crippen molar-refractivity contribution in [2.75, 3.05) is 7.05 Å². The number of aromatic amines is 1. The predicted molar refractivity (Wildman–Crippen MR) is 61.1 cm³/mol. The Bertz CT molecular complexity index is 462. The molecule has 2 N–H and O–H groups in total. The Kier molecular flexibility index (Phi) is 2.68. The van der Waals surface area contributed by atoms with Crippen molar-refractivity contribution in [3.63, 3.8) is 0 Å². The van der Waals surface area contributed by atoms with Crippen molar-refractivity contribution in [2.24, 2.45) is 0 Å². The highest BCUT2D eigenvalue weighted by atomic mass is 35.5. The standard InChI is InChI=1S/C10H10Cl2N2/c1-13-5-7-6-3-2-4-8(11)9(6)14-10(7)12/h2-4,13-14H,5H2,1H3. The third kappa shape index (κ3) is 1.50. The molecule has 2 aromatic rings. The van der Waals surface area contributed by atoms with E-state index in [9.17, 15) is 0 Å². The Balaban J connectivity index is 2.70. The zero-order valence-electron chi connectivity index (χ0n) is 7.70. The van der Waals surface area contributed by atoms with E-state index in [1.165, 1.54) is 0 Å². The number of aromatic nitrogens is 1. The molecule has 0 radical (unpaired) electrons. The van der Waals surface area contributed by atoms with Gasteiger partial charge in [0.15, 0.2) is 0 Å². The third-order valence-corrected chi connectivity index (χ3v) is 2.83. The number of nitrogens with one attached hydrogen (secondary N) is 2. The molecule has 0 unspecified atom stereocenters. The summed E-state index contributed by atoms with van der Waals surface area (Å²) >= 11 is 12.1. The average molecular weight is 229 g/mol. The Morgan fingerprint density at radius 1 is 1.36 bits per heavy atom. The average Bonchev–Trinajstić information content (AvgIpc) is 2.47. The van der Waals surface area contributed by atoms with Crippen LogP contribution in [0.5, 0.6) is 0 Å². The Morgan fingerprint density at radius 3 is 2.86 bits per heavy atom. The van der Waals surface area contributed by atoms with E-state index in [1.807, 2.05) is 25.2 Å². The van der Waals surface area contributed by atoms with Crippen LogP contribution >= 0.6 is 23.2 Å². The van der Waals surface area contributed by atoms with Gasteiger partial charge >= 0.3 is 0 Å². The smallest absolute Gasteiger partial charge is 0.111 e. The summed E-state index contributed by atoms with van der Waals surface area (Å²) in [6, 6.07) is 5.78. The monoisotopic (exact) mass is 228 g/mol. The maximum atomic E-state index is 6.06. The molecule has 0 saturated carbocycles. The van der Waals surface area contributed by atoms with Crippen molar-refractivity contribution in [3.8, 4) is 0 Å². The summed E-state index contributed by atoms with van der Waals surface area (Å²) in [5, 5.41) is 5.51. The second kappa shape index (κ2) is 3.81. The van der Waals surface area contributed by atoms with Gasteiger partial charge in [0, 0.05) is 17.5 Å². The highest BCUT2D eigenvalue weighted by Gasteiger charge is 2.10. The first kappa shape index (κ1) is 9.84. The van der Waals surface area contributed by atoms with Gasteiger partial charge in [-0.25, -0.2) is 0 Å². The van der Waals surface area contributed by atoms with Crippen molar-refractivity contribution < 1.29 is 0 Å². The van der Waals surface area contributed by atoms with E-state index in [4.69, 9.17) is 23.2 Å². The van der Waals surface area contributed by atoms with Crippen LogP contribution in [-0.2, 0) is 6.54 Å². The zero-order chi connectivity index (χ0) is 10.1. The number of rotatable bonds is 2. The van der Waals surface area contributed by atoms with Gasteiger partial charge in [-0.1, -0.05) is 35.3 Å². The van der Waals surface area contributed by atoms with Gasteiger partial charge in [0.2, 0.25) is 0 Å². The summed E-state index contributed by atoms with van der Waals surface area (Å²) in [7, 11) is 1.89. The van der Waals surface area contributed by atoms with E-state index in [1.54, 1.807) is 0 Å². The molecule has 1 aromatic carbocycles. The van der Waals surface area contributed by atoms with E-state index in [0.717, 1.165) is 23.0 Å². The topological polar surface area (TPSA) is 27.8 Å². The lowest BCUT2D eigenvalue weighted by atomic mass is 10.2. The summed E-state index contributed by atoms with van der Waals surface area (Å²) < 4.78 is 0. The number of H-pyrrole nitrogens is 1. The van der Waals surface area contributed by atoms with Gasteiger partial charge in [-0.3, -0.25) is 0 Å². The van der Waals surface area contributed by atoms with Crippen LogP contribution in [0.3, 0.4) is 0 Å². The van der Waals surface area contributed by atoms with E-state index >= 15 is 0 Å². The molecule has 0 amide bonds. The summed E-state index contributed by atoms with van der Waals surface area (Å²) in [6.45, 7) is 0.735. The lowest BCUT2D eigenvalue weighted by Gasteiger charge is -1.98. The van der Waals surface area contributed by atoms with E-state index in [0.29, 0.717) is 10.2 Å². The lowest BCUT2D eigenvalue weighted by Crippen LogP contribution is -2.04. The second-order valence-electron chi connectivity index (χ2n) is 3.11. The van der Waals surface area contributed by atoms with Crippen molar-refractivity contribution in [2.45, 2.75) is 6.54 Å². The van der Waals surface area contributed by atoms with Crippen molar-refractivity contribution in [1.82, 2.24) is 10.3 Å². The first-order valence-electron chi connectivity index (χ1n) is 4.33. The van der Waals surface area contributed by atoms with Crippen molar-refractivity contribution >= 4 is 34.1 Å². The molecule has 1 aromatic heterocycles. The molecule has 14 heavy (non-hydrogen) atoms. The highest BCUT2D eigenvalue weighted by Crippen LogP contribution is 2.30. The Hall–Kier alpha value is -0.700. The maximum absolute atomic E-state index is 6.06. The molecule has 0 atom stereocenters. The number of para-hydroxylation sites is 1. The molecular weight excluding hydrogens is 219 g/mol. The Labute approximate surface area is 92.2 Å². The van der Waals surface area contributed by atoms with Gasteiger partial charge in [-0.05, 0) is 13.1 Å². The second-order valence-corrected chi connectivity index (χ2v) is 3.90. The van der Waals surface area contributed by atoms with Gasteiger partial charge in [0.25, 0.3) is 0 Å². The molecule has 0 fully saturated rings. The number of fused-ring (bicyclic) bond motifs is 1. The lowest BCUT2D eigenvalue weighted by molar-refractivity contribution is 0.823. The van der Waals surface area contributed by atoms with Crippen LogP contribution in [0.2, 0.25) is 10.2 Å². The fraction of sp³-hybridized carbons (Fsp3) is 0.200. The molecule has 0 saturated heterocycles.